The number of aryl methyl sites for hydroxylation is 2. The molecule has 0 aliphatic rings. The Labute approximate surface area is 129 Å². The number of benzene rings is 1. The van der Waals surface area contributed by atoms with E-state index in [1.165, 1.54) is 16.7 Å². The van der Waals surface area contributed by atoms with Crippen molar-refractivity contribution in [3.05, 3.63) is 57.9 Å². The van der Waals surface area contributed by atoms with E-state index in [0.717, 1.165) is 32.9 Å². The van der Waals surface area contributed by atoms with Crippen molar-refractivity contribution in [1.29, 1.82) is 0 Å². The fourth-order valence-electron chi connectivity index (χ4n) is 2.64. The summed E-state index contributed by atoms with van der Waals surface area (Å²) in [5.41, 5.74) is 7.63. The summed E-state index contributed by atoms with van der Waals surface area (Å²) in [7, 11) is 0. The first kappa shape index (κ1) is 14.0. The van der Waals surface area contributed by atoms with Crippen LogP contribution in [0, 0.1) is 27.7 Å². The van der Waals surface area contributed by atoms with Gasteiger partial charge in [-0.15, -0.1) is 0 Å². The van der Waals surface area contributed by atoms with Crippen LogP contribution in [0.15, 0.2) is 30.5 Å². The van der Waals surface area contributed by atoms with Crippen molar-refractivity contribution < 1.29 is 0 Å². The van der Waals surface area contributed by atoms with E-state index in [0.29, 0.717) is 0 Å². The lowest BCUT2D eigenvalue weighted by Gasteiger charge is -2.13. The molecule has 2 nitrogen and oxygen atoms in total. The molecule has 1 aromatic carbocycles. The maximum Gasteiger partial charge on any atom is 0.0983 e. The van der Waals surface area contributed by atoms with Crippen LogP contribution in [0.25, 0.3) is 22.2 Å². The van der Waals surface area contributed by atoms with Gasteiger partial charge in [0.2, 0.25) is 0 Å². The van der Waals surface area contributed by atoms with Crippen LogP contribution in [-0.2, 0) is 0 Å². The second-order valence-corrected chi connectivity index (χ2v) is 5.89. The molecule has 0 bridgehead atoms. The molecule has 0 saturated carbocycles. The molecule has 3 rings (SSSR count). The molecular formula is C18H17ClN2. The lowest BCUT2D eigenvalue weighted by Crippen LogP contribution is -1.96. The minimum atomic E-state index is 0.725. The summed E-state index contributed by atoms with van der Waals surface area (Å²) >= 11 is 6.35. The SMILES string of the molecule is Cc1cc(Cl)c2ccnc(-c3ccc(C)c(C)c3C)c2n1. The molecule has 0 unspecified atom stereocenters. The van der Waals surface area contributed by atoms with Crippen molar-refractivity contribution in [2.75, 3.05) is 0 Å². The van der Waals surface area contributed by atoms with Gasteiger partial charge in [0.05, 0.1) is 16.2 Å². The highest BCUT2D eigenvalue weighted by molar-refractivity contribution is 6.35. The van der Waals surface area contributed by atoms with Gasteiger partial charge in [0, 0.05) is 22.8 Å². The maximum atomic E-state index is 6.35. The predicted molar refractivity (Wildman–Crippen MR) is 88.9 cm³/mol. The topological polar surface area (TPSA) is 25.8 Å². The monoisotopic (exact) mass is 296 g/mol. The van der Waals surface area contributed by atoms with Crippen molar-refractivity contribution in [3.63, 3.8) is 0 Å². The number of hydrogen-bond acceptors (Lipinski definition) is 2. The zero-order valence-corrected chi connectivity index (χ0v) is 13.4. The number of hydrogen-bond donors (Lipinski definition) is 0. The average Bonchev–Trinajstić information content (AvgIpc) is 2.45. The normalized spacial score (nSPS) is 11.1. The van der Waals surface area contributed by atoms with Crippen molar-refractivity contribution in [2.45, 2.75) is 27.7 Å². The number of pyridine rings is 2. The van der Waals surface area contributed by atoms with Crippen molar-refractivity contribution in [1.82, 2.24) is 9.97 Å². The molecule has 21 heavy (non-hydrogen) atoms. The third kappa shape index (κ3) is 2.30. The molecule has 3 heteroatoms. The van der Waals surface area contributed by atoms with Crippen LogP contribution in [0.4, 0.5) is 0 Å². The Hall–Kier alpha value is -1.93. The van der Waals surface area contributed by atoms with Crippen LogP contribution in [0.5, 0.6) is 0 Å². The van der Waals surface area contributed by atoms with Crippen LogP contribution in [0.2, 0.25) is 5.02 Å². The first-order valence-corrected chi connectivity index (χ1v) is 7.36. The second-order valence-electron chi connectivity index (χ2n) is 5.48. The summed E-state index contributed by atoms with van der Waals surface area (Å²) in [6.07, 6.45) is 1.80. The Morgan fingerprint density at radius 1 is 0.952 bits per heavy atom. The quantitative estimate of drug-likeness (QED) is 0.618. The van der Waals surface area contributed by atoms with E-state index in [2.05, 4.69) is 42.9 Å². The Morgan fingerprint density at radius 2 is 1.71 bits per heavy atom. The van der Waals surface area contributed by atoms with E-state index in [9.17, 15) is 0 Å². The Kier molecular flexibility index (Phi) is 3.42. The number of halogens is 1. The van der Waals surface area contributed by atoms with Gasteiger partial charge in [-0.3, -0.25) is 9.97 Å². The second kappa shape index (κ2) is 5.12. The van der Waals surface area contributed by atoms with Crippen molar-refractivity contribution in [2.24, 2.45) is 0 Å². The summed E-state index contributed by atoms with van der Waals surface area (Å²) in [5, 5.41) is 1.67. The van der Waals surface area contributed by atoms with E-state index >= 15 is 0 Å². The van der Waals surface area contributed by atoms with Crippen LogP contribution in [0.3, 0.4) is 0 Å². The summed E-state index contributed by atoms with van der Waals surface area (Å²) < 4.78 is 0. The predicted octanol–water partition coefficient (Wildman–Crippen LogP) is 5.18. The Balaban J connectivity index is 2.39. The smallest absolute Gasteiger partial charge is 0.0983 e. The van der Waals surface area contributed by atoms with E-state index in [1.807, 2.05) is 19.1 Å². The number of rotatable bonds is 1. The molecule has 0 saturated heterocycles. The van der Waals surface area contributed by atoms with Gasteiger partial charge in [-0.25, -0.2) is 0 Å². The van der Waals surface area contributed by atoms with Crippen molar-refractivity contribution >= 4 is 22.5 Å². The Bertz CT molecular complexity index is 853. The van der Waals surface area contributed by atoms with Crippen LogP contribution < -0.4 is 0 Å². The average molecular weight is 297 g/mol. The fourth-order valence-corrected chi connectivity index (χ4v) is 2.95. The lowest BCUT2D eigenvalue weighted by molar-refractivity contribution is 1.21. The van der Waals surface area contributed by atoms with Gasteiger partial charge >= 0.3 is 0 Å². The highest BCUT2D eigenvalue weighted by atomic mass is 35.5. The van der Waals surface area contributed by atoms with Gasteiger partial charge in [0.1, 0.15) is 0 Å². The zero-order chi connectivity index (χ0) is 15.1. The zero-order valence-electron chi connectivity index (χ0n) is 12.7. The maximum absolute atomic E-state index is 6.35. The van der Waals surface area contributed by atoms with Crippen LogP contribution in [0.1, 0.15) is 22.4 Å². The van der Waals surface area contributed by atoms with Crippen LogP contribution in [-0.4, -0.2) is 9.97 Å². The highest BCUT2D eigenvalue weighted by Crippen LogP contribution is 2.33. The summed E-state index contributed by atoms with van der Waals surface area (Å²) in [6, 6.07) is 8.07. The van der Waals surface area contributed by atoms with E-state index in [4.69, 9.17) is 11.6 Å². The molecule has 3 aromatic rings. The lowest BCUT2D eigenvalue weighted by atomic mass is 9.95. The first-order valence-electron chi connectivity index (χ1n) is 6.98. The third-order valence-electron chi connectivity index (χ3n) is 4.12. The van der Waals surface area contributed by atoms with Crippen molar-refractivity contribution in [3.8, 4) is 11.3 Å². The minimum absolute atomic E-state index is 0.725. The van der Waals surface area contributed by atoms with Gasteiger partial charge in [0.25, 0.3) is 0 Å². The highest BCUT2D eigenvalue weighted by Gasteiger charge is 2.13. The summed E-state index contributed by atoms with van der Waals surface area (Å²) in [4.78, 5) is 9.23. The molecule has 0 N–H and O–H groups in total. The van der Waals surface area contributed by atoms with E-state index in [1.54, 1.807) is 6.20 Å². The van der Waals surface area contributed by atoms with Gasteiger partial charge in [-0.1, -0.05) is 23.7 Å². The molecule has 0 radical (unpaired) electrons. The molecule has 2 aromatic heterocycles. The van der Waals surface area contributed by atoms with E-state index in [-0.39, 0.29) is 0 Å². The van der Waals surface area contributed by atoms with E-state index < -0.39 is 0 Å². The first-order chi connectivity index (χ1) is 9.99. The number of fused-ring (bicyclic) bond motifs is 1. The fraction of sp³-hybridized carbons (Fsp3) is 0.222. The largest absolute Gasteiger partial charge is 0.254 e. The molecule has 0 atom stereocenters. The molecule has 0 aliphatic carbocycles. The Morgan fingerprint density at radius 3 is 2.48 bits per heavy atom. The van der Waals surface area contributed by atoms with Gasteiger partial charge in [-0.05, 0) is 56.5 Å². The molecule has 0 spiro atoms. The van der Waals surface area contributed by atoms with Gasteiger partial charge in [0.15, 0.2) is 0 Å². The molecule has 0 fully saturated rings. The third-order valence-corrected chi connectivity index (χ3v) is 4.43. The molecule has 106 valence electrons. The summed E-state index contributed by atoms with van der Waals surface area (Å²) in [6.45, 7) is 8.36. The molecular weight excluding hydrogens is 280 g/mol. The van der Waals surface area contributed by atoms with Gasteiger partial charge < -0.3 is 0 Å². The standard InChI is InChI=1S/C18H17ClN2/c1-10-5-6-14(13(4)12(10)3)17-18-15(7-8-20-17)16(19)9-11(2)21-18/h5-9H,1-4H3. The van der Waals surface area contributed by atoms with Gasteiger partial charge in [-0.2, -0.15) is 0 Å². The minimum Gasteiger partial charge on any atom is -0.254 e. The molecule has 0 aliphatic heterocycles. The summed E-state index contributed by atoms with van der Waals surface area (Å²) in [5.74, 6) is 0. The molecule has 2 heterocycles. The molecule has 0 amide bonds. The number of aromatic nitrogens is 2. The number of nitrogens with zero attached hydrogens (tertiary/aromatic N) is 2. The van der Waals surface area contributed by atoms with Crippen LogP contribution >= 0.6 is 11.6 Å².